The molecule has 0 aromatic heterocycles. The molecule has 0 aliphatic heterocycles. The summed E-state index contributed by atoms with van der Waals surface area (Å²) in [4.78, 5) is 9.52. The molecule has 0 radical (unpaired) electrons. The number of aryl methyl sites for hydroxylation is 1. The van der Waals surface area contributed by atoms with E-state index in [1.165, 1.54) is 0 Å². The van der Waals surface area contributed by atoms with Crippen LogP contribution in [-0.2, 0) is 5.60 Å². The van der Waals surface area contributed by atoms with Gasteiger partial charge in [0.2, 0.25) is 0 Å². The van der Waals surface area contributed by atoms with Gasteiger partial charge < -0.3 is 5.11 Å². The third-order valence-electron chi connectivity index (χ3n) is 2.63. The largest absolute Gasteiger partial charge is 0.430 e. The minimum absolute atomic E-state index is 0.228. The molecule has 0 saturated heterocycles. The fourth-order valence-corrected chi connectivity index (χ4v) is 1.57. The van der Waals surface area contributed by atoms with E-state index in [1.807, 2.05) is 0 Å². The highest BCUT2D eigenvalue weighted by molar-refractivity contribution is 5.44. The molecule has 0 bridgehead atoms. The summed E-state index contributed by atoms with van der Waals surface area (Å²) in [7, 11) is 0. The van der Waals surface area contributed by atoms with E-state index in [1.54, 1.807) is 0 Å². The second-order valence-electron chi connectivity index (χ2n) is 3.96. The molecule has 4 nitrogen and oxygen atoms in total. The number of rotatable bonds is 2. The lowest BCUT2D eigenvalue weighted by molar-refractivity contribution is -0.386. The highest BCUT2D eigenvalue weighted by atomic mass is 19.4. The summed E-state index contributed by atoms with van der Waals surface area (Å²) in [5.74, 6) is 0. The summed E-state index contributed by atoms with van der Waals surface area (Å²) in [5, 5.41) is 19.6. The highest BCUT2D eigenvalue weighted by Gasteiger charge is 2.71. The maximum atomic E-state index is 12.6. The van der Waals surface area contributed by atoms with Crippen LogP contribution in [0.25, 0.3) is 0 Å². The quantitative estimate of drug-likeness (QED) is 0.518. The molecular formula is C10H7F6NO3. The van der Waals surface area contributed by atoms with E-state index in [9.17, 15) is 36.5 Å². The molecule has 112 valence electrons. The van der Waals surface area contributed by atoms with Crippen LogP contribution in [-0.4, -0.2) is 22.4 Å². The van der Waals surface area contributed by atoms with Gasteiger partial charge in [-0.05, 0) is 19.1 Å². The van der Waals surface area contributed by atoms with Crippen molar-refractivity contribution in [1.29, 1.82) is 0 Å². The van der Waals surface area contributed by atoms with E-state index >= 15 is 0 Å². The van der Waals surface area contributed by atoms with Crippen LogP contribution in [0.15, 0.2) is 18.2 Å². The molecule has 1 aromatic carbocycles. The number of nitro benzene ring substituents is 1. The smallest absolute Gasteiger partial charge is 0.369 e. The zero-order chi connectivity index (χ0) is 15.9. The summed E-state index contributed by atoms with van der Waals surface area (Å²) in [6.07, 6.45) is -12.0. The average Bonchev–Trinajstić information content (AvgIpc) is 2.24. The number of aliphatic hydroxyl groups is 1. The van der Waals surface area contributed by atoms with Gasteiger partial charge >= 0.3 is 12.4 Å². The summed E-state index contributed by atoms with van der Waals surface area (Å²) in [6.45, 7) is 0.967. The summed E-state index contributed by atoms with van der Waals surface area (Å²) in [6, 6.07) is 0.998. The molecule has 0 amide bonds. The number of benzene rings is 1. The third-order valence-corrected chi connectivity index (χ3v) is 2.63. The zero-order valence-corrected chi connectivity index (χ0v) is 9.71. The molecule has 10 heteroatoms. The first-order valence-electron chi connectivity index (χ1n) is 4.93. The van der Waals surface area contributed by atoms with Gasteiger partial charge in [-0.2, -0.15) is 26.3 Å². The second kappa shape index (κ2) is 4.62. The lowest BCUT2D eigenvalue weighted by atomic mass is 9.91. The fraction of sp³-hybridized carbons (Fsp3) is 0.400. The molecular weight excluding hydrogens is 296 g/mol. The molecule has 1 N–H and O–H groups in total. The van der Waals surface area contributed by atoms with Crippen molar-refractivity contribution in [2.75, 3.05) is 0 Å². The number of nitrogens with zero attached hydrogens (tertiary/aromatic N) is 1. The number of nitro groups is 1. The molecule has 0 spiro atoms. The Morgan fingerprint density at radius 3 is 1.85 bits per heavy atom. The van der Waals surface area contributed by atoms with Crippen molar-refractivity contribution in [2.24, 2.45) is 0 Å². The van der Waals surface area contributed by atoms with Crippen LogP contribution in [0.3, 0.4) is 0 Å². The van der Waals surface area contributed by atoms with E-state index < -0.39 is 39.7 Å². The van der Waals surface area contributed by atoms with Gasteiger partial charge in [-0.15, -0.1) is 0 Å². The maximum Gasteiger partial charge on any atom is 0.430 e. The lowest BCUT2D eigenvalue weighted by Crippen LogP contribution is -2.53. The second-order valence-corrected chi connectivity index (χ2v) is 3.96. The first-order chi connectivity index (χ1) is 8.82. The first-order valence-corrected chi connectivity index (χ1v) is 4.93. The molecule has 20 heavy (non-hydrogen) atoms. The molecule has 0 heterocycles. The van der Waals surface area contributed by atoms with Crippen molar-refractivity contribution in [2.45, 2.75) is 24.9 Å². The molecule has 1 aromatic rings. The number of alkyl halides is 6. The van der Waals surface area contributed by atoms with E-state index in [4.69, 9.17) is 5.11 Å². The topological polar surface area (TPSA) is 63.4 Å². The van der Waals surface area contributed by atoms with Gasteiger partial charge in [0.25, 0.3) is 11.3 Å². The molecule has 0 fully saturated rings. The molecule has 0 unspecified atom stereocenters. The molecule has 0 aliphatic carbocycles. The van der Waals surface area contributed by atoms with Crippen molar-refractivity contribution in [3.05, 3.63) is 39.4 Å². The summed E-state index contributed by atoms with van der Waals surface area (Å²) < 4.78 is 75.4. The van der Waals surface area contributed by atoms with Crippen molar-refractivity contribution >= 4 is 5.69 Å². The van der Waals surface area contributed by atoms with Gasteiger partial charge in [0.1, 0.15) is 0 Å². The standard InChI is InChI=1S/C10H7F6NO3/c1-5-4-6(2-3-7(5)17(19)20)8(18,9(11,12)13)10(14,15)16/h2-4,18H,1H3. The molecule has 1 rings (SSSR count). The fourth-order valence-electron chi connectivity index (χ4n) is 1.57. The van der Waals surface area contributed by atoms with Crippen LogP contribution in [0.2, 0.25) is 0 Å². The van der Waals surface area contributed by atoms with Gasteiger partial charge in [-0.3, -0.25) is 10.1 Å². The Kier molecular flexibility index (Phi) is 3.74. The van der Waals surface area contributed by atoms with Crippen LogP contribution >= 0.6 is 0 Å². The Morgan fingerprint density at radius 1 is 1.10 bits per heavy atom. The van der Waals surface area contributed by atoms with E-state index in [0.29, 0.717) is 12.1 Å². The predicted octanol–water partition coefficient (Wildman–Crippen LogP) is 3.22. The SMILES string of the molecule is Cc1cc(C(O)(C(F)(F)F)C(F)(F)F)ccc1[N+](=O)[O-]. The van der Waals surface area contributed by atoms with Gasteiger partial charge in [0.15, 0.2) is 0 Å². The Hall–Kier alpha value is -1.84. The third kappa shape index (κ3) is 2.42. The van der Waals surface area contributed by atoms with Gasteiger partial charge in [-0.1, -0.05) is 0 Å². The zero-order valence-electron chi connectivity index (χ0n) is 9.71. The molecule has 0 atom stereocenters. The molecule has 0 saturated carbocycles. The lowest BCUT2D eigenvalue weighted by Gasteiger charge is -2.32. The predicted molar refractivity (Wildman–Crippen MR) is 53.8 cm³/mol. The van der Waals surface area contributed by atoms with E-state index in [-0.39, 0.29) is 6.07 Å². The minimum atomic E-state index is -6.02. The Labute approximate surface area is 107 Å². The van der Waals surface area contributed by atoms with Crippen LogP contribution in [0.5, 0.6) is 0 Å². The van der Waals surface area contributed by atoms with Crippen molar-refractivity contribution in [3.63, 3.8) is 0 Å². The highest BCUT2D eigenvalue weighted by Crippen LogP contribution is 2.50. The Balaban J connectivity index is 3.54. The van der Waals surface area contributed by atoms with Crippen LogP contribution in [0, 0.1) is 17.0 Å². The average molecular weight is 303 g/mol. The van der Waals surface area contributed by atoms with Gasteiger partial charge in [0.05, 0.1) is 4.92 Å². The van der Waals surface area contributed by atoms with Gasteiger partial charge in [-0.25, -0.2) is 0 Å². The van der Waals surface area contributed by atoms with E-state index in [2.05, 4.69) is 0 Å². The summed E-state index contributed by atoms with van der Waals surface area (Å²) in [5.41, 5.74) is -7.69. The number of hydrogen-bond acceptors (Lipinski definition) is 3. The van der Waals surface area contributed by atoms with Crippen LogP contribution in [0.1, 0.15) is 11.1 Å². The molecule has 0 aliphatic rings. The van der Waals surface area contributed by atoms with Crippen molar-refractivity contribution in [3.8, 4) is 0 Å². The van der Waals surface area contributed by atoms with Crippen molar-refractivity contribution < 1.29 is 36.4 Å². The number of hydrogen-bond donors (Lipinski definition) is 1. The van der Waals surface area contributed by atoms with E-state index in [0.717, 1.165) is 6.92 Å². The van der Waals surface area contributed by atoms with Crippen LogP contribution in [0.4, 0.5) is 32.0 Å². The van der Waals surface area contributed by atoms with Crippen LogP contribution < -0.4 is 0 Å². The summed E-state index contributed by atoms with van der Waals surface area (Å²) >= 11 is 0. The van der Waals surface area contributed by atoms with Gasteiger partial charge in [0, 0.05) is 17.2 Å². The minimum Gasteiger partial charge on any atom is -0.369 e. The number of halogens is 6. The monoisotopic (exact) mass is 303 g/mol. The van der Waals surface area contributed by atoms with Crippen molar-refractivity contribution in [1.82, 2.24) is 0 Å². The normalized spacial score (nSPS) is 13.4. The Morgan fingerprint density at radius 2 is 1.55 bits per heavy atom. The maximum absolute atomic E-state index is 12.6. The Bertz CT molecular complexity index is 523. The first kappa shape index (κ1) is 16.2.